The van der Waals surface area contributed by atoms with E-state index in [0.29, 0.717) is 47.1 Å². The van der Waals surface area contributed by atoms with Gasteiger partial charge in [0.1, 0.15) is 24.7 Å². The molecule has 4 aromatic carbocycles. The Labute approximate surface area is 269 Å². The molecule has 10 heteroatoms. The van der Waals surface area contributed by atoms with Crippen LogP contribution in [0.15, 0.2) is 118 Å². The van der Waals surface area contributed by atoms with E-state index in [2.05, 4.69) is 34.3 Å². The zero-order valence-electron chi connectivity index (χ0n) is 26.1. The number of ether oxygens (including phenoxy) is 4. The molecule has 0 fully saturated rings. The van der Waals surface area contributed by atoms with Crippen LogP contribution in [0.4, 0.5) is 22.7 Å². The van der Waals surface area contributed by atoms with Crippen LogP contribution >= 0.6 is 0 Å². The van der Waals surface area contributed by atoms with Crippen molar-refractivity contribution in [1.29, 1.82) is 0 Å². The van der Waals surface area contributed by atoms with Gasteiger partial charge in [-0.05, 0) is 110 Å². The molecule has 0 radical (unpaired) electrons. The van der Waals surface area contributed by atoms with Gasteiger partial charge in [0.25, 0.3) is 0 Å². The van der Waals surface area contributed by atoms with Crippen LogP contribution in [0.3, 0.4) is 0 Å². The Morgan fingerprint density at radius 1 is 0.457 bits per heavy atom. The number of esters is 2. The number of carbonyl (C=O) groups excluding carboxylic acids is 2. The smallest absolute Gasteiger partial charge is 0.338 e. The molecule has 0 aliphatic carbocycles. The highest BCUT2D eigenvalue weighted by Crippen LogP contribution is 2.23. The normalized spacial score (nSPS) is 11.1. The van der Waals surface area contributed by atoms with Gasteiger partial charge in [0, 0.05) is 0 Å². The minimum Gasteiger partial charge on any atom is -0.494 e. The molecular formula is C36H38N4O6. The van der Waals surface area contributed by atoms with Gasteiger partial charge in [0.2, 0.25) is 0 Å². The zero-order chi connectivity index (χ0) is 32.4. The molecule has 0 atom stereocenters. The Morgan fingerprint density at radius 2 is 0.761 bits per heavy atom. The van der Waals surface area contributed by atoms with Crippen molar-refractivity contribution >= 4 is 34.7 Å². The van der Waals surface area contributed by atoms with Crippen LogP contribution in [-0.4, -0.2) is 38.4 Å². The highest BCUT2D eigenvalue weighted by Gasteiger charge is 2.10. The topological polar surface area (TPSA) is 121 Å². The number of hydrogen-bond donors (Lipinski definition) is 0. The van der Waals surface area contributed by atoms with Gasteiger partial charge in [0.15, 0.2) is 0 Å². The van der Waals surface area contributed by atoms with Crippen molar-refractivity contribution in [2.45, 2.75) is 39.5 Å². The lowest BCUT2D eigenvalue weighted by Gasteiger charge is -2.07. The van der Waals surface area contributed by atoms with E-state index in [-0.39, 0.29) is 13.2 Å². The van der Waals surface area contributed by atoms with E-state index in [0.717, 1.165) is 37.2 Å². The fraction of sp³-hybridized carbons (Fsp3) is 0.278. The van der Waals surface area contributed by atoms with Gasteiger partial charge in [-0.15, -0.1) is 0 Å². The summed E-state index contributed by atoms with van der Waals surface area (Å²) in [5, 5.41) is 16.9. The molecule has 0 heterocycles. The molecule has 0 saturated carbocycles. The Hall–Kier alpha value is -5.38. The third kappa shape index (κ3) is 11.3. The maximum absolute atomic E-state index is 12.4. The van der Waals surface area contributed by atoms with E-state index in [1.165, 1.54) is 0 Å². The van der Waals surface area contributed by atoms with Crippen LogP contribution in [0.5, 0.6) is 11.5 Å². The Morgan fingerprint density at radius 3 is 1.07 bits per heavy atom. The summed E-state index contributed by atoms with van der Waals surface area (Å²) < 4.78 is 21.8. The van der Waals surface area contributed by atoms with Gasteiger partial charge in [-0.3, -0.25) is 0 Å². The highest BCUT2D eigenvalue weighted by molar-refractivity contribution is 5.90. The number of carbonyl (C=O) groups is 2. The minimum atomic E-state index is -0.536. The second-order valence-corrected chi connectivity index (χ2v) is 10.2. The summed E-state index contributed by atoms with van der Waals surface area (Å²) in [6.07, 6.45) is 4.18. The molecule has 0 unspecified atom stereocenters. The second-order valence-electron chi connectivity index (χ2n) is 10.2. The van der Waals surface area contributed by atoms with E-state index >= 15 is 0 Å². The van der Waals surface area contributed by atoms with Crippen LogP contribution < -0.4 is 9.47 Å². The maximum Gasteiger partial charge on any atom is 0.338 e. The predicted octanol–water partition coefficient (Wildman–Crippen LogP) is 9.89. The van der Waals surface area contributed by atoms with Gasteiger partial charge in [-0.2, -0.15) is 20.5 Å². The van der Waals surface area contributed by atoms with Crippen LogP contribution in [0, 0.1) is 0 Å². The van der Waals surface area contributed by atoms with E-state index in [1.54, 1.807) is 48.5 Å². The summed E-state index contributed by atoms with van der Waals surface area (Å²) in [6, 6.07) is 27.9. The zero-order valence-corrected chi connectivity index (χ0v) is 26.1. The molecule has 0 spiro atoms. The summed E-state index contributed by atoms with van der Waals surface area (Å²) in [5.41, 5.74) is 3.24. The maximum atomic E-state index is 12.4. The summed E-state index contributed by atoms with van der Waals surface area (Å²) >= 11 is 0. The highest BCUT2D eigenvalue weighted by atomic mass is 16.6. The third-order valence-electron chi connectivity index (χ3n) is 6.52. The molecule has 46 heavy (non-hydrogen) atoms. The SMILES string of the molecule is CCCCOc1ccc(N=Nc2ccc(C(=O)OCCOC(=O)c3ccc(N=Nc4ccc(OCCCC)cc4)cc3)cc2)cc1. The fourth-order valence-electron chi connectivity index (χ4n) is 3.88. The number of rotatable bonds is 17. The molecule has 0 aromatic heterocycles. The lowest BCUT2D eigenvalue weighted by Crippen LogP contribution is -2.14. The first kappa shape index (κ1) is 33.5. The number of benzene rings is 4. The molecule has 0 bridgehead atoms. The summed E-state index contributed by atoms with van der Waals surface area (Å²) in [5.74, 6) is 0.521. The Kier molecular flexibility index (Phi) is 13.4. The number of hydrogen-bond acceptors (Lipinski definition) is 10. The third-order valence-corrected chi connectivity index (χ3v) is 6.52. The summed E-state index contributed by atoms with van der Waals surface area (Å²) in [7, 11) is 0. The van der Waals surface area contributed by atoms with E-state index in [1.807, 2.05) is 48.5 Å². The average Bonchev–Trinajstić information content (AvgIpc) is 3.10. The van der Waals surface area contributed by atoms with Crippen molar-refractivity contribution in [1.82, 2.24) is 0 Å². The molecule has 0 saturated heterocycles. The van der Waals surface area contributed by atoms with Crippen LogP contribution in [-0.2, 0) is 9.47 Å². The lowest BCUT2D eigenvalue weighted by atomic mass is 10.2. The number of unbranched alkanes of at least 4 members (excludes halogenated alkanes) is 2. The quantitative estimate of drug-likeness (QED) is 0.0656. The monoisotopic (exact) mass is 622 g/mol. The van der Waals surface area contributed by atoms with Gasteiger partial charge >= 0.3 is 11.9 Å². The summed E-state index contributed by atoms with van der Waals surface area (Å²) in [4.78, 5) is 24.8. The number of azo groups is 2. The Balaban J connectivity index is 1.15. The van der Waals surface area contributed by atoms with Crippen molar-refractivity contribution in [2.24, 2.45) is 20.5 Å². The van der Waals surface area contributed by atoms with Crippen molar-refractivity contribution in [3.8, 4) is 11.5 Å². The van der Waals surface area contributed by atoms with Gasteiger partial charge in [0.05, 0.1) is 47.1 Å². The average molecular weight is 623 g/mol. The van der Waals surface area contributed by atoms with Crippen molar-refractivity contribution in [2.75, 3.05) is 26.4 Å². The molecule has 0 N–H and O–H groups in total. The van der Waals surface area contributed by atoms with Crippen molar-refractivity contribution < 1.29 is 28.5 Å². The van der Waals surface area contributed by atoms with Crippen LogP contribution in [0.2, 0.25) is 0 Å². The number of nitrogens with zero attached hydrogens (tertiary/aromatic N) is 4. The second kappa shape index (κ2) is 18.4. The van der Waals surface area contributed by atoms with Crippen LogP contribution in [0.25, 0.3) is 0 Å². The van der Waals surface area contributed by atoms with Gasteiger partial charge in [-0.25, -0.2) is 9.59 Å². The minimum absolute atomic E-state index is 0.0844. The first-order valence-corrected chi connectivity index (χ1v) is 15.4. The molecule has 4 rings (SSSR count). The molecule has 4 aromatic rings. The summed E-state index contributed by atoms with van der Waals surface area (Å²) in [6.45, 7) is 5.44. The first-order chi connectivity index (χ1) is 22.5. The van der Waals surface area contributed by atoms with Crippen LogP contribution in [0.1, 0.15) is 60.2 Å². The standard InChI is InChI=1S/C36H38N4O6/c1-3-5-23-43-33-19-15-31(16-20-33)39-37-29-11-7-27(8-12-29)35(41)45-25-26-46-36(42)28-9-13-30(14-10-28)38-40-32-17-21-34(22-18-32)44-24-6-4-2/h7-22H,3-6,23-26H2,1-2H3. The Bertz CT molecular complexity index is 1450. The molecule has 0 amide bonds. The van der Waals surface area contributed by atoms with Crippen molar-refractivity contribution in [3.63, 3.8) is 0 Å². The largest absolute Gasteiger partial charge is 0.494 e. The predicted molar refractivity (Wildman–Crippen MR) is 175 cm³/mol. The molecular weight excluding hydrogens is 584 g/mol. The van der Waals surface area contributed by atoms with E-state index in [4.69, 9.17) is 18.9 Å². The van der Waals surface area contributed by atoms with Gasteiger partial charge in [-0.1, -0.05) is 26.7 Å². The van der Waals surface area contributed by atoms with Gasteiger partial charge < -0.3 is 18.9 Å². The molecule has 238 valence electrons. The molecule has 0 aliphatic heterocycles. The fourth-order valence-corrected chi connectivity index (χ4v) is 3.88. The van der Waals surface area contributed by atoms with Crippen molar-refractivity contribution in [3.05, 3.63) is 108 Å². The van der Waals surface area contributed by atoms with E-state index < -0.39 is 11.9 Å². The molecule has 0 aliphatic rings. The first-order valence-electron chi connectivity index (χ1n) is 15.4. The molecule has 10 nitrogen and oxygen atoms in total. The van der Waals surface area contributed by atoms with E-state index in [9.17, 15) is 9.59 Å². The lowest BCUT2D eigenvalue weighted by molar-refractivity contribution is 0.0265.